The fourth-order valence-electron chi connectivity index (χ4n) is 1.17. The number of ether oxygens (including phenoxy) is 1. The van der Waals surface area contributed by atoms with Crippen molar-refractivity contribution in [3.05, 3.63) is 23.8 Å². The number of hydrogen-bond acceptors (Lipinski definition) is 3. The molecule has 0 aliphatic heterocycles. The zero-order valence-electron chi connectivity index (χ0n) is 10.5. The van der Waals surface area contributed by atoms with Gasteiger partial charge in [-0.3, -0.25) is 0 Å². The summed E-state index contributed by atoms with van der Waals surface area (Å²) in [6, 6.07) is 0. The van der Waals surface area contributed by atoms with E-state index in [1.807, 2.05) is 0 Å². The summed E-state index contributed by atoms with van der Waals surface area (Å²) in [4.78, 5) is 21.9. The highest BCUT2D eigenvalue weighted by atomic mass is 16.5. The Morgan fingerprint density at radius 1 is 1.29 bits per heavy atom. The highest BCUT2D eigenvalue weighted by Gasteiger charge is 2.08. The third-order valence-corrected chi connectivity index (χ3v) is 2.22. The van der Waals surface area contributed by atoms with Gasteiger partial charge in [-0.15, -0.1) is 0 Å². The molecule has 4 nitrogen and oxygen atoms in total. The van der Waals surface area contributed by atoms with Crippen molar-refractivity contribution in [3.63, 3.8) is 0 Å². The maximum atomic E-state index is 11.4. The van der Waals surface area contributed by atoms with E-state index in [9.17, 15) is 9.59 Å². The number of carbonyl (C=O) groups excluding carboxylic acids is 1. The van der Waals surface area contributed by atoms with Crippen molar-refractivity contribution in [1.82, 2.24) is 0 Å². The van der Waals surface area contributed by atoms with E-state index in [0.717, 1.165) is 25.7 Å². The fourth-order valence-corrected chi connectivity index (χ4v) is 1.17. The van der Waals surface area contributed by atoms with Gasteiger partial charge in [-0.1, -0.05) is 32.8 Å². The molecule has 0 heterocycles. The van der Waals surface area contributed by atoms with Crippen molar-refractivity contribution < 1.29 is 19.4 Å². The molecule has 1 N–H and O–H groups in total. The molecule has 0 amide bonds. The lowest BCUT2D eigenvalue weighted by molar-refractivity contribution is -0.138. The van der Waals surface area contributed by atoms with Crippen molar-refractivity contribution in [2.24, 2.45) is 0 Å². The molecule has 0 aromatic heterocycles. The molecule has 0 spiro atoms. The summed E-state index contributed by atoms with van der Waals surface area (Å²) in [5, 5.41) is 8.62. The van der Waals surface area contributed by atoms with Gasteiger partial charge in [0.2, 0.25) is 0 Å². The summed E-state index contributed by atoms with van der Waals surface area (Å²) in [5.41, 5.74) is 0.137. The monoisotopic (exact) mass is 240 g/mol. The first-order valence-corrected chi connectivity index (χ1v) is 5.76. The fraction of sp³-hybridized carbons (Fsp3) is 0.538. The molecule has 0 aromatic carbocycles. The van der Waals surface area contributed by atoms with Crippen molar-refractivity contribution in [3.8, 4) is 0 Å². The Balaban J connectivity index is 3.95. The number of carbonyl (C=O) groups is 2. The standard InChI is InChI=1S/C13H20O4/c1-4-5-6-7-8-17-13(16)11(3)9-10(2)12(14)15/h9H,3-8H2,1-2H3,(H,14,15). The van der Waals surface area contributed by atoms with Crippen LogP contribution in [0.5, 0.6) is 0 Å². The van der Waals surface area contributed by atoms with Gasteiger partial charge in [0, 0.05) is 5.57 Å². The molecule has 17 heavy (non-hydrogen) atoms. The molecule has 0 saturated carbocycles. The van der Waals surface area contributed by atoms with Gasteiger partial charge in [0.25, 0.3) is 0 Å². The minimum Gasteiger partial charge on any atom is -0.478 e. The Morgan fingerprint density at radius 3 is 2.47 bits per heavy atom. The number of hydrogen-bond donors (Lipinski definition) is 1. The van der Waals surface area contributed by atoms with Gasteiger partial charge in [0.1, 0.15) is 0 Å². The highest BCUT2D eigenvalue weighted by molar-refractivity contribution is 5.94. The van der Waals surface area contributed by atoms with Gasteiger partial charge < -0.3 is 9.84 Å². The molecular weight excluding hydrogens is 220 g/mol. The second-order valence-corrected chi connectivity index (χ2v) is 3.85. The minimum absolute atomic E-state index is 0.0675. The molecule has 0 unspecified atom stereocenters. The summed E-state index contributed by atoms with van der Waals surface area (Å²) < 4.78 is 4.96. The number of aliphatic carboxylic acids is 1. The van der Waals surface area contributed by atoms with E-state index in [1.54, 1.807) is 0 Å². The molecule has 96 valence electrons. The van der Waals surface area contributed by atoms with Crippen LogP contribution in [0.4, 0.5) is 0 Å². The smallest absolute Gasteiger partial charge is 0.337 e. The van der Waals surface area contributed by atoms with Gasteiger partial charge in [-0.05, 0) is 19.4 Å². The summed E-state index contributed by atoms with van der Waals surface area (Å²) in [7, 11) is 0. The molecule has 0 rings (SSSR count). The molecule has 0 saturated heterocycles. The summed E-state index contributed by atoms with van der Waals surface area (Å²) in [6.07, 6.45) is 5.32. The molecule has 0 aliphatic carbocycles. The van der Waals surface area contributed by atoms with Gasteiger partial charge in [-0.2, -0.15) is 0 Å². The van der Waals surface area contributed by atoms with Crippen LogP contribution in [0.3, 0.4) is 0 Å². The summed E-state index contributed by atoms with van der Waals surface area (Å²) in [5.74, 6) is -1.62. The SMILES string of the molecule is C=C(C=C(C)C(=O)O)C(=O)OCCCCCC. The Bertz CT molecular complexity index is 315. The van der Waals surface area contributed by atoms with E-state index in [-0.39, 0.29) is 11.1 Å². The van der Waals surface area contributed by atoms with Gasteiger partial charge >= 0.3 is 11.9 Å². The van der Waals surface area contributed by atoms with Crippen LogP contribution in [0.1, 0.15) is 39.5 Å². The lowest BCUT2D eigenvalue weighted by atomic mass is 10.2. The first-order chi connectivity index (χ1) is 7.99. The second kappa shape index (κ2) is 8.56. The average molecular weight is 240 g/mol. The molecule has 0 atom stereocenters. The molecule has 0 bridgehead atoms. The Kier molecular flexibility index (Phi) is 7.76. The van der Waals surface area contributed by atoms with Gasteiger partial charge in [0.05, 0.1) is 12.2 Å². The van der Waals surface area contributed by atoms with E-state index in [2.05, 4.69) is 13.5 Å². The van der Waals surface area contributed by atoms with Crippen molar-refractivity contribution in [1.29, 1.82) is 0 Å². The lowest BCUT2D eigenvalue weighted by Gasteiger charge is -2.04. The zero-order valence-corrected chi connectivity index (χ0v) is 10.5. The summed E-state index contributed by atoms with van der Waals surface area (Å²) >= 11 is 0. The van der Waals surface area contributed by atoms with E-state index < -0.39 is 11.9 Å². The lowest BCUT2D eigenvalue weighted by Crippen LogP contribution is -2.08. The van der Waals surface area contributed by atoms with Crippen LogP contribution < -0.4 is 0 Å². The zero-order chi connectivity index (χ0) is 13.3. The van der Waals surface area contributed by atoms with Crippen molar-refractivity contribution in [2.75, 3.05) is 6.61 Å². The Hall–Kier alpha value is -1.58. The first-order valence-electron chi connectivity index (χ1n) is 5.76. The predicted molar refractivity (Wildman–Crippen MR) is 65.6 cm³/mol. The summed E-state index contributed by atoms with van der Waals surface area (Å²) in [6.45, 7) is 7.35. The molecule has 0 fully saturated rings. The van der Waals surface area contributed by atoms with Crippen molar-refractivity contribution in [2.45, 2.75) is 39.5 Å². The second-order valence-electron chi connectivity index (χ2n) is 3.85. The number of rotatable bonds is 8. The van der Waals surface area contributed by atoms with Crippen LogP contribution in [0.25, 0.3) is 0 Å². The van der Waals surface area contributed by atoms with Crippen LogP contribution >= 0.6 is 0 Å². The third kappa shape index (κ3) is 7.33. The number of carboxylic acid groups (broad SMARTS) is 1. The molecule has 0 radical (unpaired) electrons. The van der Waals surface area contributed by atoms with Gasteiger partial charge in [-0.25, -0.2) is 9.59 Å². The molecule has 0 aromatic rings. The van der Waals surface area contributed by atoms with Crippen LogP contribution in [0.15, 0.2) is 23.8 Å². The highest BCUT2D eigenvalue weighted by Crippen LogP contribution is 2.05. The van der Waals surface area contributed by atoms with Crippen LogP contribution in [0, 0.1) is 0 Å². The quantitative estimate of drug-likeness (QED) is 0.306. The third-order valence-electron chi connectivity index (χ3n) is 2.22. The topological polar surface area (TPSA) is 63.6 Å². The Morgan fingerprint density at radius 2 is 1.94 bits per heavy atom. The normalized spacial score (nSPS) is 11.1. The maximum absolute atomic E-state index is 11.4. The molecule has 0 aliphatic rings. The van der Waals surface area contributed by atoms with Gasteiger partial charge in [0.15, 0.2) is 0 Å². The molecular formula is C13H20O4. The van der Waals surface area contributed by atoms with E-state index in [0.29, 0.717) is 6.61 Å². The van der Waals surface area contributed by atoms with E-state index in [4.69, 9.17) is 9.84 Å². The van der Waals surface area contributed by atoms with Crippen LogP contribution in [-0.4, -0.2) is 23.7 Å². The van der Waals surface area contributed by atoms with Crippen LogP contribution in [-0.2, 0) is 14.3 Å². The maximum Gasteiger partial charge on any atom is 0.337 e. The predicted octanol–water partition coefficient (Wildman–Crippen LogP) is 2.70. The average Bonchev–Trinajstić information content (AvgIpc) is 2.28. The largest absolute Gasteiger partial charge is 0.478 e. The first kappa shape index (κ1) is 15.4. The number of carboxylic acids is 1. The Labute approximate surface area is 102 Å². The molecule has 4 heteroatoms. The minimum atomic E-state index is -1.07. The van der Waals surface area contributed by atoms with Crippen molar-refractivity contribution >= 4 is 11.9 Å². The number of unbranched alkanes of at least 4 members (excludes halogenated alkanes) is 3. The van der Waals surface area contributed by atoms with Crippen LogP contribution in [0.2, 0.25) is 0 Å². The van der Waals surface area contributed by atoms with E-state index in [1.165, 1.54) is 13.0 Å². The van der Waals surface area contributed by atoms with E-state index >= 15 is 0 Å². The number of esters is 1.